The Morgan fingerprint density at radius 3 is 2.29 bits per heavy atom. The Balaban J connectivity index is 2.08. The number of hydrogen-bond donors (Lipinski definition) is 1. The molecule has 3 rings (SSSR count). The molecule has 0 spiro atoms. The first-order valence-electron chi connectivity index (χ1n) is 8.80. The molecule has 8 heteroatoms. The molecule has 0 radical (unpaired) electrons. The minimum absolute atomic E-state index is 0.143. The number of thiocarbonyl (C=S) groups is 1. The number of halogens is 1. The molecule has 1 saturated carbocycles. The topological polar surface area (TPSA) is 78.6 Å². The molecular formula is C20H22ClNO4S2. The van der Waals surface area contributed by atoms with Gasteiger partial charge in [0.1, 0.15) is 5.75 Å². The van der Waals surface area contributed by atoms with Crippen molar-refractivity contribution in [3.63, 3.8) is 0 Å². The van der Waals surface area contributed by atoms with E-state index in [0.29, 0.717) is 17.4 Å². The number of hydrogen-bond acceptors (Lipinski definition) is 5. The van der Waals surface area contributed by atoms with Gasteiger partial charge in [-0.25, -0.2) is 8.42 Å². The van der Waals surface area contributed by atoms with Crippen molar-refractivity contribution in [2.24, 2.45) is 11.1 Å². The molecule has 0 aromatic heterocycles. The Hall–Kier alpha value is -1.67. The molecule has 0 heterocycles. The van der Waals surface area contributed by atoms with E-state index in [1.807, 2.05) is 19.1 Å². The summed E-state index contributed by atoms with van der Waals surface area (Å²) < 4.78 is 37.7. The summed E-state index contributed by atoms with van der Waals surface area (Å²) >= 11 is 11.3. The van der Waals surface area contributed by atoms with Gasteiger partial charge in [-0.1, -0.05) is 36.0 Å². The molecule has 0 bridgehead atoms. The molecule has 2 N–H and O–H groups in total. The predicted molar refractivity (Wildman–Crippen MR) is 114 cm³/mol. The van der Waals surface area contributed by atoms with Gasteiger partial charge in [-0.05, 0) is 48.9 Å². The lowest BCUT2D eigenvalue weighted by Gasteiger charge is -2.17. The summed E-state index contributed by atoms with van der Waals surface area (Å²) in [6.45, 7) is 2.43. The lowest BCUT2D eigenvalue weighted by atomic mass is 10.00. The van der Waals surface area contributed by atoms with Gasteiger partial charge >= 0.3 is 0 Å². The zero-order chi connectivity index (χ0) is 20.5. The van der Waals surface area contributed by atoms with E-state index in [1.165, 1.54) is 12.1 Å². The van der Waals surface area contributed by atoms with Crippen LogP contribution in [0.15, 0.2) is 53.4 Å². The van der Waals surface area contributed by atoms with Gasteiger partial charge in [0.15, 0.2) is 9.84 Å². The van der Waals surface area contributed by atoms with Crippen LogP contribution in [0.3, 0.4) is 0 Å². The number of benzene rings is 2. The van der Waals surface area contributed by atoms with E-state index in [-0.39, 0.29) is 16.5 Å². The maximum atomic E-state index is 13.5. The Morgan fingerprint density at radius 2 is 1.79 bits per heavy atom. The van der Waals surface area contributed by atoms with Gasteiger partial charge in [-0.15, -0.1) is 0 Å². The zero-order valence-electron chi connectivity index (χ0n) is 15.6. The van der Waals surface area contributed by atoms with Crippen LogP contribution in [0.2, 0.25) is 5.02 Å². The van der Waals surface area contributed by atoms with Gasteiger partial charge in [0.05, 0.1) is 34.3 Å². The summed E-state index contributed by atoms with van der Waals surface area (Å²) in [5.41, 5.74) is 5.96. The Kier molecular flexibility index (Phi) is 6.00. The lowest BCUT2D eigenvalue weighted by Crippen LogP contribution is -2.33. The Morgan fingerprint density at radius 1 is 1.18 bits per heavy atom. The SMILES string of the molecule is CCOC[C@@]1(C(N)=S)[C@H](c2ccc(OC)cc2)[C@@H]1S(=O)(=O)c1ccc(Cl)cc1. The van der Waals surface area contributed by atoms with Crippen LogP contribution in [0.1, 0.15) is 18.4 Å². The highest BCUT2D eigenvalue weighted by molar-refractivity contribution is 7.92. The zero-order valence-corrected chi connectivity index (χ0v) is 18.0. The van der Waals surface area contributed by atoms with Crippen LogP contribution in [0.25, 0.3) is 0 Å². The van der Waals surface area contributed by atoms with Crippen molar-refractivity contribution in [1.29, 1.82) is 0 Å². The summed E-state index contributed by atoms with van der Waals surface area (Å²) in [5.74, 6) is 0.287. The first kappa shape index (κ1) is 21.0. The van der Waals surface area contributed by atoms with Crippen LogP contribution in [0.5, 0.6) is 5.75 Å². The molecule has 5 nitrogen and oxygen atoms in total. The third-order valence-corrected chi connectivity index (χ3v) is 8.13. The van der Waals surface area contributed by atoms with Gasteiger partial charge in [0.2, 0.25) is 0 Å². The summed E-state index contributed by atoms with van der Waals surface area (Å²) in [7, 11) is -2.14. The van der Waals surface area contributed by atoms with Crippen molar-refractivity contribution in [2.75, 3.05) is 20.3 Å². The molecule has 150 valence electrons. The van der Waals surface area contributed by atoms with Gasteiger partial charge in [0.25, 0.3) is 0 Å². The largest absolute Gasteiger partial charge is 0.497 e. The van der Waals surface area contributed by atoms with Crippen molar-refractivity contribution >= 4 is 38.6 Å². The number of methoxy groups -OCH3 is 1. The second-order valence-corrected chi connectivity index (χ2v) is 9.66. The fraction of sp³-hybridized carbons (Fsp3) is 0.350. The minimum Gasteiger partial charge on any atom is -0.497 e. The van der Waals surface area contributed by atoms with E-state index in [9.17, 15) is 8.42 Å². The van der Waals surface area contributed by atoms with Crippen LogP contribution in [-0.2, 0) is 14.6 Å². The summed E-state index contributed by atoms with van der Waals surface area (Å²) in [4.78, 5) is 0.333. The summed E-state index contributed by atoms with van der Waals surface area (Å²) in [5, 5.41) is -0.338. The Labute approximate surface area is 175 Å². The van der Waals surface area contributed by atoms with Crippen molar-refractivity contribution in [2.45, 2.75) is 23.0 Å². The van der Waals surface area contributed by atoms with E-state index in [4.69, 9.17) is 39.0 Å². The maximum absolute atomic E-state index is 13.5. The third-order valence-electron chi connectivity index (χ3n) is 5.21. The van der Waals surface area contributed by atoms with E-state index in [1.54, 1.807) is 31.4 Å². The molecule has 1 aliphatic carbocycles. The van der Waals surface area contributed by atoms with Crippen molar-refractivity contribution < 1.29 is 17.9 Å². The number of sulfone groups is 1. The molecule has 28 heavy (non-hydrogen) atoms. The Bertz CT molecular complexity index is 961. The summed E-state index contributed by atoms with van der Waals surface area (Å²) in [6.07, 6.45) is 0. The average molecular weight is 440 g/mol. The van der Waals surface area contributed by atoms with E-state index < -0.39 is 26.4 Å². The van der Waals surface area contributed by atoms with Gasteiger partial charge < -0.3 is 15.2 Å². The highest BCUT2D eigenvalue weighted by atomic mass is 35.5. The molecular weight excluding hydrogens is 418 g/mol. The molecule has 1 fully saturated rings. The molecule has 0 aliphatic heterocycles. The number of ether oxygens (including phenoxy) is 2. The first-order chi connectivity index (χ1) is 13.3. The normalized spacial score (nSPS) is 24.0. The van der Waals surface area contributed by atoms with Crippen LogP contribution >= 0.6 is 23.8 Å². The smallest absolute Gasteiger partial charge is 0.182 e. The lowest BCUT2D eigenvalue weighted by molar-refractivity contribution is 0.121. The van der Waals surface area contributed by atoms with Crippen molar-refractivity contribution in [1.82, 2.24) is 0 Å². The second-order valence-electron chi connectivity index (χ2n) is 6.71. The van der Waals surface area contributed by atoms with Crippen molar-refractivity contribution in [3.05, 3.63) is 59.1 Å². The molecule has 1 aliphatic rings. The monoisotopic (exact) mass is 439 g/mol. The van der Waals surface area contributed by atoms with Crippen LogP contribution in [-0.4, -0.2) is 39.0 Å². The van der Waals surface area contributed by atoms with E-state index in [0.717, 1.165) is 5.56 Å². The van der Waals surface area contributed by atoms with Crippen molar-refractivity contribution in [3.8, 4) is 5.75 Å². The standard InChI is InChI=1S/C20H22ClNO4S2/c1-3-26-12-20(19(22)27)17(13-4-8-15(25-2)9-5-13)18(20)28(23,24)16-10-6-14(21)7-11-16/h4-11,17-18H,3,12H2,1-2H3,(H2,22,27)/t17-,18+,20-/m1/s1. The number of nitrogens with two attached hydrogens (primary N) is 1. The molecule has 2 aromatic rings. The molecule has 3 atom stereocenters. The van der Waals surface area contributed by atoms with Gasteiger partial charge in [-0.3, -0.25) is 0 Å². The minimum atomic E-state index is -3.72. The van der Waals surface area contributed by atoms with E-state index in [2.05, 4.69) is 0 Å². The quantitative estimate of drug-likeness (QED) is 0.633. The van der Waals surface area contributed by atoms with E-state index >= 15 is 0 Å². The molecule has 0 amide bonds. The molecule has 0 saturated heterocycles. The molecule has 0 unspecified atom stereocenters. The summed E-state index contributed by atoms with van der Waals surface area (Å²) in [6, 6.07) is 13.4. The second kappa shape index (κ2) is 7.99. The van der Waals surface area contributed by atoms with Gasteiger partial charge in [-0.2, -0.15) is 0 Å². The first-order valence-corrected chi connectivity index (χ1v) is 11.1. The molecule has 2 aromatic carbocycles. The highest BCUT2D eigenvalue weighted by Gasteiger charge is 2.73. The number of rotatable bonds is 8. The highest BCUT2D eigenvalue weighted by Crippen LogP contribution is 2.64. The predicted octanol–water partition coefficient (Wildman–Crippen LogP) is 3.60. The van der Waals surface area contributed by atoms with Crippen LogP contribution in [0, 0.1) is 5.41 Å². The van der Waals surface area contributed by atoms with Crippen LogP contribution in [0.4, 0.5) is 0 Å². The fourth-order valence-electron chi connectivity index (χ4n) is 3.72. The third kappa shape index (κ3) is 3.52. The average Bonchev–Trinajstić information content (AvgIpc) is 3.38. The van der Waals surface area contributed by atoms with Gasteiger partial charge in [0, 0.05) is 17.5 Å². The maximum Gasteiger partial charge on any atom is 0.182 e. The van der Waals surface area contributed by atoms with Crippen LogP contribution < -0.4 is 10.5 Å². The fourth-order valence-corrected chi connectivity index (χ4v) is 6.62.